The molecule has 1 atom stereocenters. The van der Waals surface area contributed by atoms with E-state index in [1.54, 1.807) is 22.1 Å². The van der Waals surface area contributed by atoms with Crippen LogP contribution in [0.4, 0.5) is 0 Å². The number of ether oxygens (including phenoxy) is 1. The van der Waals surface area contributed by atoms with Gasteiger partial charge in [0, 0.05) is 37.9 Å². The molecular weight excluding hydrogens is 390 g/mol. The Balaban J connectivity index is 1.72. The molecule has 0 bridgehead atoms. The largest absolute Gasteiger partial charge is 0.367 e. The van der Waals surface area contributed by atoms with Gasteiger partial charge in [0.05, 0.1) is 18.0 Å². The molecule has 0 aromatic carbocycles. The van der Waals surface area contributed by atoms with Crippen molar-refractivity contribution in [3.8, 4) is 0 Å². The number of nitrogens with zero attached hydrogens (tertiary/aromatic N) is 5. The summed E-state index contributed by atoms with van der Waals surface area (Å²) in [6.07, 6.45) is 5.75. The van der Waals surface area contributed by atoms with Gasteiger partial charge < -0.3 is 4.74 Å². The number of sulfonamides is 1. The van der Waals surface area contributed by atoms with E-state index in [1.807, 2.05) is 13.1 Å². The lowest BCUT2D eigenvalue weighted by Crippen LogP contribution is -2.52. The van der Waals surface area contributed by atoms with Crippen LogP contribution in [0.2, 0.25) is 0 Å². The van der Waals surface area contributed by atoms with Gasteiger partial charge in [-0.1, -0.05) is 13.8 Å². The molecule has 1 spiro atoms. The van der Waals surface area contributed by atoms with Crippen LogP contribution in [0, 0.1) is 6.92 Å². The summed E-state index contributed by atoms with van der Waals surface area (Å²) in [4.78, 5) is 9.61. The van der Waals surface area contributed by atoms with Crippen LogP contribution in [0.15, 0.2) is 17.3 Å². The first-order valence-electron chi connectivity index (χ1n) is 10.3. The summed E-state index contributed by atoms with van der Waals surface area (Å²) in [6, 6.07) is 0. The van der Waals surface area contributed by atoms with E-state index >= 15 is 0 Å². The molecule has 0 saturated carbocycles. The molecule has 158 valence electrons. The smallest absolute Gasteiger partial charge is 0.246 e. The van der Waals surface area contributed by atoms with Gasteiger partial charge in [-0.15, -0.1) is 0 Å². The lowest BCUT2D eigenvalue weighted by Gasteiger charge is -2.44. The molecular formula is C20H29N5O3S. The molecule has 2 aromatic rings. The average Bonchev–Trinajstić information content (AvgIpc) is 3.10. The Bertz CT molecular complexity index is 1020. The summed E-state index contributed by atoms with van der Waals surface area (Å²) in [5.41, 5.74) is 1.75. The van der Waals surface area contributed by atoms with Crippen molar-refractivity contribution >= 4 is 10.0 Å². The van der Waals surface area contributed by atoms with Crippen molar-refractivity contribution in [1.29, 1.82) is 0 Å². The zero-order valence-electron chi connectivity index (χ0n) is 17.6. The Morgan fingerprint density at radius 2 is 2.14 bits per heavy atom. The minimum atomic E-state index is -3.66. The maximum atomic E-state index is 13.4. The van der Waals surface area contributed by atoms with Crippen LogP contribution in [0.1, 0.15) is 62.3 Å². The third-order valence-electron chi connectivity index (χ3n) is 5.84. The fraction of sp³-hybridized carbons (Fsp3) is 0.650. The van der Waals surface area contributed by atoms with Gasteiger partial charge in [0.1, 0.15) is 16.3 Å². The lowest BCUT2D eigenvalue weighted by molar-refractivity contribution is -0.0936. The second-order valence-corrected chi connectivity index (χ2v) is 10.1. The molecule has 0 radical (unpaired) electrons. The normalized spacial score (nSPS) is 22.9. The molecule has 2 aromatic heterocycles. The minimum absolute atomic E-state index is 0.199. The van der Waals surface area contributed by atoms with Crippen LogP contribution < -0.4 is 0 Å². The van der Waals surface area contributed by atoms with E-state index in [4.69, 9.17) is 9.72 Å². The Kier molecular flexibility index (Phi) is 5.25. The van der Waals surface area contributed by atoms with E-state index in [0.29, 0.717) is 25.4 Å². The molecule has 4 heterocycles. The van der Waals surface area contributed by atoms with Crippen molar-refractivity contribution in [1.82, 2.24) is 24.1 Å². The number of fused-ring (bicyclic) bond motifs is 2. The summed E-state index contributed by atoms with van der Waals surface area (Å²) < 4.78 is 36.3. The number of aryl methyl sites for hydroxylation is 2. The summed E-state index contributed by atoms with van der Waals surface area (Å²) in [7, 11) is -3.66. The summed E-state index contributed by atoms with van der Waals surface area (Å²) >= 11 is 0. The zero-order valence-corrected chi connectivity index (χ0v) is 18.4. The second-order valence-electron chi connectivity index (χ2n) is 8.23. The molecule has 0 amide bonds. The van der Waals surface area contributed by atoms with E-state index in [0.717, 1.165) is 36.3 Å². The topological polar surface area (TPSA) is 90.2 Å². The Morgan fingerprint density at radius 3 is 2.83 bits per heavy atom. The van der Waals surface area contributed by atoms with Gasteiger partial charge in [0.2, 0.25) is 10.0 Å². The maximum absolute atomic E-state index is 13.4. The van der Waals surface area contributed by atoms with E-state index in [1.165, 1.54) is 0 Å². The van der Waals surface area contributed by atoms with Crippen molar-refractivity contribution in [2.24, 2.45) is 0 Å². The molecule has 1 saturated heterocycles. The SMILES string of the molecule is CCn1cc(S(=O)(=O)N2CCC[C@]3(C2)OCCc2cnc(C(C)C)nc23)c(C)n1. The zero-order chi connectivity index (χ0) is 20.8. The van der Waals surface area contributed by atoms with Crippen LogP contribution in [0.25, 0.3) is 0 Å². The van der Waals surface area contributed by atoms with Gasteiger partial charge in [0.15, 0.2) is 0 Å². The van der Waals surface area contributed by atoms with Crippen molar-refractivity contribution < 1.29 is 13.2 Å². The fourth-order valence-electron chi connectivity index (χ4n) is 4.25. The Hall–Kier alpha value is -1.84. The molecule has 2 aliphatic rings. The van der Waals surface area contributed by atoms with E-state index in [9.17, 15) is 8.42 Å². The van der Waals surface area contributed by atoms with E-state index < -0.39 is 15.6 Å². The fourth-order valence-corrected chi connectivity index (χ4v) is 5.95. The highest BCUT2D eigenvalue weighted by Crippen LogP contribution is 2.41. The average molecular weight is 420 g/mol. The highest BCUT2D eigenvalue weighted by molar-refractivity contribution is 7.89. The first-order chi connectivity index (χ1) is 13.8. The predicted octanol–water partition coefficient (Wildman–Crippen LogP) is 2.38. The molecule has 8 nitrogen and oxygen atoms in total. The number of piperidine rings is 1. The third kappa shape index (κ3) is 3.49. The van der Waals surface area contributed by atoms with Crippen LogP contribution >= 0.6 is 0 Å². The maximum Gasteiger partial charge on any atom is 0.246 e. The van der Waals surface area contributed by atoms with Crippen LogP contribution in [0.3, 0.4) is 0 Å². The van der Waals surface area contributed by atoms with Crippen LogP contribution in [-0.2, 0) is 33.3 Å². The Morgan fingerprint density at radius 1 is 1.34 bits per heavy atom. The molecule has 0 aliphatic carbocycles. The van der Waals surface area contributed by atoms with Crippen LogP contribution in [-0.4, -0.2) is 52.2 Å². The Labute approximate surface area is 172 Å². The molecule has 9 heteroatoms. The standard InChI is InChI=1S/C20H29N5O3S/c1-5-24-12-17(15(4)23-24)29(26,27)25-9-6-8-20(13-25)18-16(7-10-28-20)11-21-19(22-18)14(2)3/h11-12,14H,5-10,13H2,1-4H3/t20-/m1/s1. The van der Waals surface area contributed by atoms with E-state index in [-0.39, 0.29) is 17.4 Å². The minimum Gasteiger partial charge on any atom is -0.367 e. The number of aromatic nitrogens is 4. The predicted molar refractivity (Wildman–Crippen MR) is 108 cm³/mol. The van der Waals surface area contributed by atoms with Crippen LogP contribution in [0.5, 0.6) is 0 Å². The summed E-state index contributed by atoms with van der Waals surface area (Å²) in [5.74, 6) is 0.971. The van der Waals surface area contributed by atoms with Crippen molar-refractivity contribution in [2.45, 2.75) is 69.9 Å². The molecule has 0 N–H and O–H groups in total. The summed E-state index contributed by atoms with van der Waals surface area (Å²) in [6.45, 7) is 9.73. The molecule has 2 aliphatic heterocycles. The van der Waals surface area contributed by atoms with Gasteiger partial charge in [-0.05, 0) is 38.7 Å². The van der Waals surface area contributed by atoms with E-state index in [2.05, 4.69) is 23.9 Å². The van der Waals surface area contributed by atoms with Gasteiger partial charge >= 0.3 is 0 Å². The van der Waals surface area contributed by atoms with Gasteiger partial charge in [-0.25, -0.2) is 18.4 Å². The number of hydrogen-bond acceptors (Lipinski definition) is 6. The molecule has 4 rings (SSSR count). The first-order valence-corrected chi connectivity index (χ1v) is 11.8. The number of rotatable bonds is 4. The highest BCUT2D eigenvalue weighted by atomic mass is 32.2. The molecule has 0 unspecified atom stereocenters. The third-order valence-corrected chi connectivity index (χ3v) is 7.79. The highest BCUT2D eigenvalue weighted by Gasteiger charge is 2.46. The van der Waals surface area contributed by atoms with Crippen molar-refractivity contribution in [2.75, 3.05) is 19.7 Å². The quantitative estimate of drug-likeness (QED) is 0.756. The lowest BCUT2D eigenvalue weighted by atomic mass is 9.85. The first kappa shape index (κ1) is 20.4. The molecule has 29 heavy (non-hydrogen) atoms. The van der Waals surface area contributed by atoms with Gasteiger partial charge in [-0.2, -0.15) is 9.40 Å². The second kappa shape index (κ2) is 7.45. The summed E-state index contributed by atoms with van der Waals surface area (Å²) in [5, 5.41) is 4.32. The van der Waals surface area contributed by atoms with Crippen molar-refractivity contribution in [3.63, 3.8) is 0 Å². The molecule has 1 fully saturated rings. The van der Waals surface area contributed by atoms with Gasteiger partial charge in [-0.3, -0.25) is 4.68 Å². The van der Waals surface area contributed by atoms with Gasteiger partial charge in [0.25, 0.3) is 0 Å². The van der Waals surface area contributed by atoms with Crippen molar-refractivity contribution in [3.05, 3.63) is 35.2 Å². The number of hydrogen-bond donors (Lipinski definition) is 0. The monoisotopic (exact) mass is 419 g/mol.